The SMILES string of the molecule is CCc1cc(CC(NN)c2ccc(Cl)cc2C)n(C)n1. The Labute approximate surface area is 124 Å². The molecule has 1 aromatic carbocycles. The summed E-state index contributed by atoms with van der Waals surface area (Å²) in [7, 11) is 1.97. The summed E-state index contributed by atoms with van der Waals surface area (Å²) in [5.74, 6) is 5.74. The van der Waals surface area contributed by atoms with Crippen molar-refractivity contribution in [2.45, 2.75) is 32.7 Å². The van der Waals surface area contributed by atoms with Crippen LogP contribution in [0.25, 0.3) is 0 Å². The van der Waals surface area contributed by atoms with Crippen LogP contribution in [0.3, 0.4) is 0 Å². The fourth-order valence-corrected chi connectivity index (χ4v) is 2.66. The van der Waals surface area contributed by atoms with Crippen molar-refractivity contribution in [3.05, 3.63) is 51.8 Å². The van der Waals surface area contributed by atoms with Crippen molar-refractivity contribution in [1.82, 2.24) is 15.2 Å². The van der Waals surface area contributed by atoms with Gasteiger partial charge in [0.1, 0.15) is 0 Å². The molecule has 5 heteroatoms. The molecule has 2 aromatic rings. The molecule has 108 valence electrons. The third kappa shape index (κ3) is 3.20. The Morgan fingerprint density at radius 1 is 1.40 bits per heavy atom. The molecule has 0 fully saturated rings. The highest BCUT2D eigenvalue weighted by Gasteiger charge is 2.16. The highest BCUT2D eigenvalue weighted by molar-refractivity contribution is 6.30. The summed E-state index contributed by atoms with van der Waals surface area (Å²) in [5.41, 5.74) is 7.47. The number of hydrazine groups is 1. The zero-order valence-corrected chi connectivity index (χ0v) is 12.9. The van der Waals surface area contributed by atoms with E-state index >= 15 is 0 Å². The molecule has 1 atom stereocenters. The summed E-state index contributed by atoms with van der Waals surface area (Å²) in [6.07, 6.45) is 1.73. The lowest BCUT2D eigenvalue weighted by Gasteiger charge is -2.18. The molecule has 0 spiro atoms. The Balaban J connectivity index is 2.26. The highest BCUT2D eigenvalue weighted by Crippen LogP contribution is 2.24. The van der Waals surface area contributed by atoms with Gasteiger partial charge in [-0.15, -0.1) is 0 Å². The van der Waals surface area contributed by atoms with Gasteiger partial charge in [0, 0.05) is 24.2 Å². The third-order valence-electron chi connectivity index (χ3n) is 3.61. The smallest absolute Gasteiger partial charge is 0.0624 e. The van der Waals surface area contributed by atoms with E-state index in [-0.39, 0.29) is 6.04 Å². The van der Waals surface area contributed by atoms with E-state index in [1.54, 1.807) is 0 Å². The van der Waals surface area contributed by atoms with Crippen LogP contribution in [0, 0.1) is 6.92 Å². The molecule has 0 saturated carbocycles. The number of aryl methyl sites for hydroxylation is 3. The summed E-state index contributed by atoms with van der Waals surface area (Å²) >= 11 is 6.01. The summed E-state index contributed by atoms with van der Waals surface area (Å²) in [5, 5.41) is 5.22. The van der Waals surface area contributed by atoms with E-state index in [9.17, 15) is 0 Å². The van der Waals surface area contributed by atoms with E-state index < -0.39 is 0 Å². The first-order valence-corrected chi connectivity index (χ1v) is 7.17. The van der Waals surface area contributed by atoms with Gasteiger partial charge in [0.25, 0.3) is 0 Å². The van der Waals surface area contributed by atoms with Gasteiger partial charge in [0.05, 0.1) is 11.7 Å². The topological polar surface area (TPSA) is 55.9 Å². The minimum Gasteiger partial charge on any atom is -0.272 e. The van der Waals surface area contributed by atoms with Crippen molar-refractivity contribution in [1.29, 1.82) is 0 Å². The second-order valence-electron chi connectivity index (χ2n) is 5.03. The number of halogens is 1. The quantitative estimate of drug-likeness (QED) is 0.658. The predicted octanol–water partition coefficient (Wildman–Crippen LogP) is 2.69. The lowest BCUT2D eigenvalue weighted by molar-refractivity contribution is 0.528. The second kappa shape index (κ2) is 6.39. The highest BCUT2D eigenvalue weighted by atomic mass is 35.5. The maximum atomic E-state index is 6.01. The largest absolute Gasteiger partial charge is 0.272 e. The maximum Gasteiger partial charge on any atom is 0.0624 e. The number of aromatic nitrogens is 2. The van der Waals surface area contributed by atoms with E-state index in [2.05, 4.69) is 23.5 Å². The molecule has 1 unspecified atom stereocenters. The Hall–Kier alpha value is -1.36. The standard InChI is InChI=1S/C15H21ClN4/c1-4-12-8-13(20(3)19-12)9-15(18-17)14-6-5-11(16)7-10(14)2/h5-8,15,18H,4,9,17H2,1-3H3. The van der Waals surface area contributed by atoms with Gasteiger partial charge in [-0.25, -0.2) is 0 Å². The Bertz CT molecular complexity index is 592. The van der Waals surface area contributed by atoms with Gasteiger partial charge in [-0.1, -0.05) is 24.6 Å². The summed E-state index contributed by atoms with van der Waals surface area (Å²) in [6, 6.07) is 8.07. The van der Waals surface area contributed by atoms with Crippen molar-refractivity contribution in [2.75, 3.05) is 0 Å². The van der Waals surface area contributed by atoms with Gasteiger partial charge in [0.2, 0.25) is 0 Å². The van der Waals surface area contributed by atoms with Gasteiger partial charge >= 0.3 is 0 Å². The van der Waals surface area contributed by atoms with Crippen LogP contribution in [0.1, 0.15) is 35.5 Å². The first-order valence-electron chi connectivity index (χ1n) is 6.79. The monoisotopic (exact) mass is 292 g/mol. The average Bonchev–Trinajstić information content (AvgIpc) is 2.77. The second-order valence-corrected chi connectivity index (χ2v) is 5.46. The van der Waals surface area contributed by atoms with Gasteiger partial charge in [-0.3, -0.25) is 16.0 Å². The summed E-state index contributed by atoms with van der Waals surface area (Å²) in [4.78, 5) is 0. The van der Waals surface area contributed by atoms with E-state index in [1.807, 2.05) is 36.9 Å². The zero-order valence-electron chi connectivity index (χ0n) is 12.2. The van der Waals surface area contributed by atoms with E-state index in [1.165, 1.54) is 5.69 Å². The van der Waals surface area contributed by atoms with Crippen molar-refractivity contribution < 1.29 is 0 Å². The molecule has 1 aromatic heterocycles. The molecule has 0 bridgehead atoms. The number of nitrogens with zero attached hydrogens (tertiary/aromatic N) is 2. The van der Waals surface area contributed by atoms with Crippen LogP contribution in [0.5, 0.6) is 0 Å². The van der Waals surface area contributed by atoms with Gasteiger partial charge < -0.3 is 0 Å². The average molecular weight is 293 g/mol. The van der Waals surface area contributed by atoms with Crippen LogP contribution in [0.2, 0.25) is 5.02 Å². The molecule has 4 nitrogen and oxygen atoms in total. The number of hydrogen-bond acceptors (Lipinski definition) is 3. The lowest BCUT2D eigenvalue weighted by Crippen LogP contribution is -2.30. The Morgan fingerprint density at radius 2 is 2.15 bits per heavy atom. The van der Waals surface area contributed by atoms with Crippen LogP contribution < -0.4 is 11.3 Å². The predicted molar refractivity (Wildman–Crippen MR) is 82.5 cm³/mol. The van der Waals surface area contributed by atoms with E-state index in [4.69, 9.17) is 17.4 Å². The van der Waals surface area contributed by atoms with Crippen molar-refractivity contribution in [3.8, 4) is 0 Å². The molecule has 0 saturated heterocycles. The Kier molecular flexibility index (Phi) is 4.81. The minimum atomic E-state index is 0.0485. The molecular formula is C15H21ClN4. The molecule has 3 N–H and O–H groups in total. The van der Waals surface area contributed by atoms with E-state index in [0.29, 0.717) is 0 Å². The minimum absolute atomic E-state index is 0.0485. The van der Waals surface area contributed by atoms with Gasteiger partial charge in [-0.05, 0) is 42.7 Å². The Morgan fingerprint density at radius 3 is 2.70 bits per heavy atom. The number of nitrogens with two attached hydrogens (primary N) is 1. The molecule has 2 rings (SSSR count). The fourth-order valence-electron chi connectivity index (χ4n) is 2.43. The van der Waals surface area contributed by atoms with Gasteiger partial charge in [-0.2, -0.15) is 5.10 Å². The number of benzene rings is 1. The van der Waals surface area contributed by atoms with Crippen molar-refractivity contribution in [2.24, 2.45) is 12.9 Å². The van der Waals surface area contributed by atoms with Crippen molar-refractivity contribution >= 4 is 11.6 Å². The summed E-state index contributed by atoms with van der Waals surface area (Å²) < 4.78 is 1.93. The normalized spacial score (nSPS) is 12.7. The van der Waals surface area contributed by atoms with Crippen LogP contribution in [0.15, 0.2) is 24.3 Å². The molecule has 20 heavy (non-hydrogen) atoms. The summed E-state index contributed by atoms with van der Waals surface area (Å²) in [6.45, 7) is 4.15. The van der Waals surface area contributed by atoms with Crippen LogP contribution in [-0.4, -0.2) is 9.78 Å². The first-order chi connectivity index (χ1) is 9.55. The molecule has 0 aliphatic carbocycles. The lowest BCUT2D eigenvalue weighted by atomic mass is 9.98. The van der Waals surface area contributed by atoms with Crippen LogP contribution in [-0.2, 0) is 19.9 Å². The molecule has 0 aliphatic heterocycles. The maximum absolute atomic E-state index is 6.01. The first kappa shape index (κ1) is 15.0. The van der Waals surface area contributed by atoms with Gasteiger partial charge in [0.15, 0.2) is 0 Å². The third-order valence-corrected chi connectivity index (χ3v) is 3.85. The molecule has 0 aliphatic rings. The van der Waals surface area contributed by atoms with Crippen LogP contribution >= 0.6 is 11.6 Å². The number of hydrogen-bond donors (Lipinski definition) is 2. The molecular weight excluding hydrogens is 272 g/mol. The fraction of sp³-hybridized carbons (Fsp3) is 0.400. The number of rotatable bonds is 5. The van der Waals surface area contributed by atoms with E-state index in [0.717, 1.165) is 34.7 Å². The number of nitrogens with one attached hydrogen (secondary N) is 1. The zero-order chi connectivity index (χ0) is 14.7. The molecule has 0 radical (unpaired) electrons. The molecule has 1 heterocycles. The van der Waals surface area contributed by atoms with Crippen LogP contribution in [0.4, 0.5) is 0 Å². The van der Waals surface area contributed by atoms with Crippen molar-refractivity contribution in [3.63, 3.8) is 0 Å². The molecule has 0 amide bonds.